The van der Waals surface area contributed by atoms with Gasteiger partial charge in [0.25, 0.3) is 0 Å². The molecule has 8 amide bonds. The summed E-state index contributed by atoms with van der Waals surface area (Å²) in [6.45, 7) is 6.01. The average molecular weight is 820 g/mol. The van der Waals surface area contributed by atoms with Gasteiger partial charge in [0.15, 0.2) is 0 Å². The Hall–Kier alpha value is -5.83. The summed E-state index contributed by atoms with van der Waals surface area (Å²) < 4.78 is 0. The summed E-state index contributed by atoms with van der Waals surface area (Å²) in [5.74, 6) is -9.35. The minimum absolute atomic E-state index is 0.0617. The third-order valence-corrected chi connectivity index (χ3v) is 9.74. The number of hydrogen-bond acceptors (Lipinski definition) is 12. The average Bonchev–Trinajstić information content (AvgIpc) is 3.66. The van der Waals surface area contributed by atoms with E-state index in [1.54, 1.807) is 27.7 Å². The second kappa shape index (κ2) is 22.8. The molecule has 1 aromatic rings. The van der Waals surface area contributed by atoms with Gasteiger partial charge in [-0.15, -0.1) is 0 Å². The molecule has 1 saturated heterocycles. The predicted octanol–water partition coefficient (Wildman–Crippen LogP) is -3.40. The van der Waals surface area contributed by atoms with Crippen LogP contribution in [0.25, 0.3) is 0 Å². The quantitative estimate of drug-likeness (QED) is 0.0514. The highest BCUT2D eigenvalue weighted by molar-refractivity contribution is 5.98. The molecule has 21 nitrogen and oxygen atoms in total. The Morgan fingerprint density at radius 3 is 1.91 bits per heavy atom. The van der Waals surface area contributed by atoms with Gasteiger partial charge in [-0.25, -0.2) is 4.79 Å². The van der Waals surface area contributed by atoms with Crippen molar-refractivity contribution in [1.82, 2.24) is 31.5 Å². The highest BCUT2D eigenvalue weighted by atomic mass is 16.4. The Bertz CT molecular complexity index is 1660. The number of aliphatic hydroxyl groups excluding tert-OH is 1. The molecule has 21 heteroatoms. The van der Waals surface area contributed by atoms with Crippen molar-refractivity contribution in [3.8, 4) is 5.75 Å². The molecule has 0 spiro atoms. The molecule has 0 saturated carbocycles. The summed E-state index contributed by atoms with van der Waals surface area (Å²) in [6, 6.07) is -3.96. The van der Waals surface area contributed by atoms with E-state index in [-0.39, 0.29) is 31.6 Å². The van der Waals surface area contributed by atoms with E-state index in [0.29, 0.717) is 18.4 Å². The van der Waals surface area contributed by atoms with E-state index >= 15 is 0 Å². The number of benzene rings is 1. The largest absolute Gasteiger partial charge is 0.508 e. The number of phenolic OH excluding ortho intramolecular Hbond substituents is 1. The third-order valence-electron chi connectivity index (χ3n) is 9.74. The molecule has 14 N–H and O–H groups in total. The maximum atomic E-state index is 14.3. The second-order valence-electron chi connectivity index (χ2n) is 14.6. The fraction of sp³-hybridized carbons (Fsp3) is 0.595. The van der Waals surface area contributed by atoms with E-state index in [1.807, 2.05) is 0 Å². The molecular weight excluding hydrogens is 762 g/mol. The maximum Gasteiger partial charge on any atom is 0.326 e. The zero-order chi connectivity index (χ0) is 43.9. The van der Waals surface area contributed by atoms with Crippen LogP contribution in [0.1, 0.15) is 71.8 Å². The fourth-order valence-electron chi connectivity index (χ4n) is 6.15. The van der Waals surface area contributed by atoms with Gasteiger partial charge in [0, 0.05) is 19.4 Å². The molecule has 1 heterocycles. The number of nitrogens with zero attached hydrogens (tertiary/aromatic N) is 1. The van der Waals surface area contributed by atoms with E-state index < -0.39 is 127 Å². The number of carbonyl (C=O) groups is 9. The first-order valence-corrected chi connectivity index (χ1v) is 19.0. The Kier molecular flexibility index (Phi) is 19.0. The van der Waals surface area contributed by atoms with Crippen LogP contribution in [0.4, 0.5) is 0 Å². The van der Waals surface area contributed by atoms with E-state index in [4.69, 9.17) is 17.2 Å². The van der Waals surface area contributed by atoms with Gasteiger partial charge in [-0.1, -0.05) is 46.2 Å². The smallest absolute Gasteiger partial charge is 0.326 e. The monoisotopic (exact) mass is 819 g/mol. The van der Waals surface area contributed by atoms with Gasteiger partial charge in [0.05, 0.1) is 13.0 Å². The van der Waals surface area contributed by atoms with Crippen molar-refractivity contribution < 1.29 is 58.5 Å². The van der Waals surface area contributed by atoms with Crippen molar-refractivity contribution >= 4 is 53.2 Å². The predicted molar refractivity (Wildman–Crippen MR) is 205 cm³/mol. The molecule has 0 bridgehead atoms. The lowest BCUT2D eigenvalue weighted by Crippen LogP contribution is -2.61. The van der Waals surface area contributed by atoms with Gasteiger partial charge in [0.1, 0.15) is 48.0 Å². The topological polar surface area (TPSA) is 356 Å². The van der Waals surface area contributed by atoms with Gasteiger partial charge in [-0.2, -0.15) is 0 Å². The van der Waals surface area contributed by atoms with Crippen LogP contribution in [-0.2, 0) is 49.6 Å². The minimum atomic E-state index is -1.73. The second-order valence-corrected chi connectivity index (χ2v) is 14.6. The van der Waals surface area contributed by atoms with Gasteiger partial charge < -0.3 is 64.0 Å². The number of primary amides is 2. The van der Waals surface area contributed by atoms with Crippen molar-refractivity contribution in [2.75, 3.05) is 13.2 Å². The van der Waals surface area contributed by atoms with Gasteiger partial charge in [-0.3, -0.25) is 38.4 Å². The number of aromatic hydroxyl groups is 1. The van der Waals surface area contributed by atoms with Crippen LogP contribution >= 0.6 is 0 Å². The number of carboxylic acid groups (broad SMARTS) is 1. The summed E-state index contributed by atoms with van der Waals surface area (Å²) >= 11 is 0. The molecule has 1 aliphatic heterocycles. The molecule has 1 aliphatic rings. The highest BCUT2D eigenvalue weighted by Gasteiger charge is 2.41. The van der Waals surface area contributed by atoms with Crippen LogP contribution in [0.5, 0.6) is 5.75 Å². The normalized spacial score (nSPS) is 17.4. The van der Waals surface area contributed by atoms with E-state index in [1.165, 1.54) is 29.2 Å². The zero-order valence-electron chi connectivity index (χ0n) is 33.1. The molecule has 58 heavy (non-hydrogen) atoms. The van der Waals surface area contributed by atoms with Crippen LogP contribution < -0.4 is 43.8 Å². The molecule has 1 fully saturated rings. The van der Waals surface area contributed by atoms with Crippen LogP contribution in [0, 0.1) is 11.8 Å². The van der Waals surface area contributed by atoms with Crippen LogP contribution in [0.2, 0.25) is 0 Å². The summed E-state index contributed by atoms with van der Waals surface area (Å²) in [5, 5.41) is 41.0. The Labute approximate surface area is 335 Å². The third kappa shape index (κ3) is 14.6. The van der Waals surface area contributed by atoms with Crippen LogP contribution in [0.3, 0.4) is 0 Å². The Morgan fingerprint density at radius 2 is 1.38 bits per heavy atom. The van der Waals surface area contributed by atoms with Gasteiger partial charge in [0.2, 0.25) is 47.3 Å². The first kappa shape index (κ1) is 48.3. The first-order valence-electron chi connectivity index (χ1n) is 19.0. The summed E-state index contributed by atoms with van der Waals surface area (Å²) in [5.41, 5.74) is 16.6. The highest BCUT2D eigenvalue weighted by Crippen LogP contribution is 2.22. The van der Waals surface area contributed by atoms with Crippen molar-refractivity contribution in [2.45, 2.75) is 115 Å². The number of hydrogen-bond donors (Lipinski definition) is 11. The van der Waals surface area contributed by atoms with Gasteiger partial charge in [-0.05, 0) is 48.8 Å². The van der Waals surface area contributed by atoms with Crippen LogP contribution in [-0.4, -0.2) is 129 Å². The number of rotatable bonds is 23. The first-order chi connectivity index (χ1) is 27.2. The molecule has 0 aromatic heterocycles. The lowest BCUT2D eigenvalue weighted by molar-refractivity contribution is -0.145. The number of phenols is 1. The summed E-state index contributed by atoms with van der Waals surface area (Å²) in [4.78, 5) is 118. The number of nitrogens with two attached hydrogens (primary N) is 3. The molecule has 0 aliphatic carbocycles. The van der Waals surface area contributed by atoms with Crippen molar-refractivity contribution in [2.24, 2.45) is 29.0 Å². The van der Waals surface area contributed by atoms with Crippen molar-refractivity contribution in [3.63, 3.8) is 0 Å². The number of carbonyl (C=O) groups excluding carboxylic acids is 8. The number of likely N-dealkylation sites (tertiary alicyclic amines) is 1. The zero-order valence-corrected chi connectivity index (χ0v) is 33.1. The van der Waals surface area contributed by atoms with E-state index in [0.717, 1.165) is 0 Å². The number of carboxylic acids is 1. The summed E-state index contributed by atoms with van der Waals surface area (Å²) in [7, 11) is 0. The number of aliphatic hydroxyl groups is 1. The Morgan fingerprint density at radius 1 is 0.793 bits per heavy atom. The minimum Gasteiger partial charge on any atom is -0.508 e. The molecule has 2 rings (SSSR count). The van der Waals surface area contributed by atoms with Crippen molar-refractivity contribution in [1.29, 1.82) is 0 Å². The fourth-order valence-corrected chi connectivity index (χ4v) is 6.15. The van der Waals surface area contributed by atoms with E-state index in [2.05, 4.69) is 26.6 Å². The lowest BCUT2D eigenvalue weighted by atomic mass is 9.96. The standard InChI is InChI=1S/C37H57N9O12/c1-5-19(4)30(35(55)44-29(18(2)3)37(57)58)45-34(54)26-7-6-14-46(26)36(56)25(15-20-8-10-21(48)11-9-20)43-33(53)24(16-28(40)50)42-32(52)23(12-13-27(39)49)41-31(51)22(38)17-47/h8-11,18-19,22-26,29-30,47-48H,5-7,12-17,38H2,1-4H3,(H2,39,49)(H2,40,50)(H,41,51)(H,42,52)(H,43,53)(H,44,55)(H,45,54)(H,57,58)/t19-,22-,23-,24-,25-,26-,29-,30-/m0/s1. The molecule has 322 valence electrons. The number of nitrogens with one attached hydrogen (secondary N) is 5. The molecule has 0 unspecified atom stereocenters. The summed E-state index contributed by atoms with van der Waals surface area (Å²) in [6.07, 6.45) is -0.760. The number of amides is 8. The number of aliphatic carboxylic acids is 1. The van der Waals surface area contributed by atoms with Gasteiger partial charge >= 0.3 is 5.97 Å². The molecule has 0 radical (unpaired) electrons. The molecular formula is C37H57N9O12. The van der Waals surface area contributed by atoms with Crippen LogP contribution in [0.15, 0.2) is 24.3 Å². The van der Waals surface area contributed by atoms with E-state index in [9.17, 15) is 58.5 Å². The SMILES string of the molecule is CC[C@H](C)[C@H](NC(=O)[C@@H]1CCCN1C(=O)[C@H](Cc1ccc(O)cc1)NC(=O)[C@H](CC(N)=O)NC(=O)[C@H](CCC(N)=O)NC(=O)[C@@H](N)CO)C(=O)N[C@H](C(=O)O)C(C)C. The van der Waals surface area contributed by atoms with Crippen molar-refractivity contribution in [3.05, 3.63) is 29.8 Å². The maximum absolute atomic E-state index is 14.3. The Balaban J connectivity index is 2.43. The molecule has 8 atom stereocenters. The molecule has 1 aromatic carbocycles. The lowest BCUT2D eigenvalue weighted by Gasteiger charge is -2.32.